The van der Waals surface area contributed by atoms with Crippen LogP contribution in [0.5, 0.6) is 5.75 Å². The minimum Gasteiger partial charge on any atom is -0.483 e. The normalized spacial score (nSPS) is 15.7. The summed E-state index contributed by atoms with van der Waals surface area (Å²) in [5.41, 5.74) is 3.56. The van der Waals surface area contributed by atoms with Gasteiger partial charge in [0.1, 0.15) is 11.1 Å². The second kappa shape index (κ2) is 9.98. The summed E-state index contributed by atoms with van der Waals surface area (Å²) in [6, 6.07) is 20.5. The predicted molar refractivity (Wildman–Crippen MR) is 134 cm³/mol. The molecule has 4 rings (SSSR count). The Morgan fingerprint density at radius 1 is 1.19 bits per heavy atom. The third-order valence-electron chi connectivity index (χ3n) is 4.87. The molecular weight excluding hydrogens is 512 g/mol. The monoisotopic (exact) mass is 530 g/mol. The maximum absolute atomic E-state index is 12.5. The number of nitrogens with zero attached hydrogens (tertiary/aromatic N) is 1. The molecule has 3 aromatic carbocycles. The molecule has 5 nitrogen and oxygen atoms in total. The predicted octanol–water partition coefficient (Wildman–Crippen LogP) is 6.21. The number of thioether (sulfide) groups is 1. The third-order valence-corrected chi connectivity index (χ3v) is 6.96. The highest BCUT2D eigenvalue weighted by Crippen LogP contribution is 2.43. The number of ether oxygens (including phenoxy) is 1. The fraction of sp³-hybridized carbons (Fsp3) is 0.167. The van der Waals surface area contributed by atoms with Gasteiger partial charge in [-0.3, -0.25) is 14.5 Å². The summed E-state index contributed by atoms with van der Waals surface area (Å²) >= 11 is 11.1. The van der Waals surface area contributed by atoms with Crippen LogP contribution in [0, 0.1) is 6.92 Å². The Morgan fingerprint density at radius 2 is 1.97 bits per heavy atom. The molecule has 1 saturated heterocycles. The smallest absolute Gasteiger partial charge is 0.262 e. The number of hydrogen-bond acceptors (Lipinski definition) is 4. The van der Waals surface area contributed by atoms with Gasteiger partial charge in [-0.1, -0.05) is 29.8 Å². The van der Waals surface area contributed by atoms with Crippen molar-refractivity contribution in [1.82, 2.24) is 0 Å². The molecule has 1 fully saturated rings. The zero-order valence-corrected chi connectivity index (χ0v) is 20.3. The largest absolute Gasteiger partial charge is 0.483 e. The number of carbonyl (C=O) groups is 2. The van der Waals surface area contributed by atoms with Gasteiger partial charge in [-0.25, -0.2) is 0 Å². The Balaban J connectivity index is 1.44. The molecule has 32 heavy (non-hydrogen) atoms. The van der Waals surface area contributed by atoms with E-state index in [4.69, 9.17) is 16.3 Å². The van der Waals surface area contributed by atoms with Gasteiger partial charge in [0.25, 0.3) is 5.91 Å². The third kappa shape index (κ3) is 5.28. The molecule has 164 valence electrons. The van der Waals surface area contributed by atoms with Gasteiger partial charge in [0.2, 0.25) is 5.91 Å². The minimum absolute atomic E-state index is 0.0478. The molecule has 1 heterocycles. The van der Waals surface area contributed by atoms with Crippen molar-refractivity contribution < 1.29 is 14.3 Å². The molecule has 0 unspecified atom stereocenters. The van der Waals surface area contributed by atoms with Crippen molar-refractivity contribution in [3.05, 3.63) is 87.4 Å². The van der Waals surface area contributed by atoms with Crippen LogP contribution in [0.3, 0.4) is 0 Å². The lowest BCUT2D eigenvalue weighted by atomic mass is 10.1. The molecule has 1 N–H and O–H groups in total. The van der Waals surface area contributed by atoms with Crippen LogP contribution in [0.25, 0.3) is 0 Å². The molecule has 0 aromatic heterocycles. The van der Waals surface area contributed by atoms with E-state index in [1.807, 2.05) is 61.5 Å². The second-order valence-corrected chi connectivity index (χ2v) is 9.66. The number of benzene rings is 3. The summed E-state index contributed by atoms with van der Waals surface area (Å²) in [6.45, 7) is 1.86. The SMILES string of the molecule is Cc1cccc(NC(=O)COc2ccc([C@@H]3SCC(=O)N3c3ccc(Cl)cc3)cc2Br)c1. The highest BCUT2D eigenvalue weighted by Gasteiger charge is 2.34. The first-order chi connectivity index (χ1) is 15.4. The Morgan fingerprint density at radius 3 is 2.69 bits per heavy atom. The highest BCUT2D eigenvalue weighted by atomic mass is 79.9. The molecule has 0 saturated carbocycles. The second-order valence-electron chi connectivity index (χ2n) is 7.30. The first-order valence-electron chi connectivity index (χ1n) is 9.89. The molecule has 2 amide bonds. The zero-order chi connectivity index (χ0) is 22.7. The van der Waals surface area contributed by atoms with Gasteiger partial charge in [-0.15, -0.1) is 11.8 Å². The van der Waals surface area contributed by atoms with Crippen LogP contribution in [-0.4, -0.2) is 24.2 Å². The Bertz CT molecular complexity index is 1160. The van der Waals surface area contributed by atoms with Crippen LogP contribution < -0.4 is 15.0 Å². The fourth-order valence-corrected chi connectivity index (χ4v) is 5.21. The van der Waals surface area contributed by atoms with Crippen molar-refractivity contribution in [2.75, 3.05) is 22.6 Å². The van der Waals surface area contributed by atoms with Crippen LogP contribution >= 0.6 is 39.3 Å². The number of carbonyl (C=O) groups excluding carboxylic acids is 2. The van der Waals surface area contributed by atoms with Crippen molar-refractivity contribution >= 4 is 62.5 Å². The number of nitrogens with one attached hydrogen (secondary N) is 1. The van der Waals surface area contributed by atoms with Crippen LogP contribution in [0.15, 0.2) is 71.2 Å². The average molecular weight is 532 g/mol. The van der Waals surface area contributed by atoms with Gasteiger partial charge >= 0.3 is 0 Å². The topological polar surface area (TPSA) is 58.6 Å². The molecular formula is C24H20BrClN2O3S. The molecule has 3 aromatic rings. The Labute approximate surface area is 204 Å². The van der Waals surface area contributed by atoms with Gasteiger partial charge in [-0.05, 0) is 82.5 Å². The molecule has 0 radical (unpaired) electrons. The number of hydrogen-bond donors (Lipinski definition) is 1. The molecule has 0 aliphatic carbocycles. The first kappa shape index (κ1) is 22.7. The number of rotatable bonds is 6. The van der Waals surface area contributed by atoms with Crippen LogP contribution in [0.1, 0.15) is 16.5 Å². The van der Waals surface area contributed by atoms with E-state index in [1.165, 1.54) is 0 Å². The summed E-state index contributed by atoms with van der Waals surface area (Å²) < 4.78 is 6.42. The lowest BCUT2D eigenvalue weighted by Gasteiger charge is -2.25. The lowest BCUT2D eigenvalue weighted by Crippen LogP contribution is -2.27. The van der Waals surface area contributed by atoms with E-state index in [-0.39, 0.29) is 23.8 Å². The molecule has 8 heteroatoms. The zero-order valence-electron chi connectivity index (χ0n) is 17.2. The van der Waals surface area contributed by atoms with Crippen LogP contribution in [0.4, 0.5) is 11.4 Å². The maximum Gasteiger partial charge on any atom is 0.262 e. The van der Waals surface area contributed by atoms with Crippen LogP contribution in [-0.2, 0) is 9.59 Å². The fourth-order valence-electron chi connectivity index (χ4n) is 3.40. The van der Waals surface area contributed by atoms with E-state index in [2.05, 4.69) is 21.2 Å². The minimum atomic E-state index is -0.238. The lowest BCUT2D eigenvalue weighted by molar-refractivity contribution is -0.118. The maximum atomic E-state index is 12.5. The Kier molecular flexibility index (Phi) is 7.08. The van der Waals surface area contributed by atoms with E-state index in [0.29, 0.717) is 16.5 Å². The van der Waals surface area contributed by atoms with E-state index < -0.39 is 0 Å². The van der Waals surface area contributed by atoms with Gasteiger partial charge in [-0.2, -0.15) is 0 Å². The standard InChI is InChI=1S/C24H20BrClN2O3S/c1-15-3-2-4-18(11-15)27-22(29)13-31-21-10-5-16(12-20(21)25)24-28(23(30)14-32-24)19-8-6-17(26)7-9-19/h2-12,24H,13-14H2,1H3,(H,27,29)/t24-/m0/s1. The average Bonchev–Trinajstić information content (AvgIpc) is 3.15. The summed E-state index contributed by atoms with van der Waals surface area (Å²) in [7, 11) is 0. The summed E-state index contributed by atoms with van der Waals surface area (Å²) in [6.07, 6.45) is 0. The van der Waals surface area contributed by atoms with Gasteiger partial charge < -0.3 is 10.1 Å². The van der Waals surface area contributed by atoms with E-state index in [0.717, 1.165) is 27.0 Å². The van der Waals surface area contributed by atoms with Gasteiger partial charge in [0.05, 0.1) is 10.2 Å². The number of amides is 2. The van der Waals surface area contributed by atoms with Crippen molar-refractivity contribution in [3.63, 3.8) is 0 Å². The number of halogens is 2. The van der Waals surface area contributed by atoms with Crippen molar-refractivity contribution in [1.29, 1.82) is 0 Å². The van der Waals surface area contributed by atoms with E-state index in [9.17, 15) is 9.59 Å². The summed E-state index contributed by atoms with van der Waals surface area (Å²) in [5, 5.41) is 3.30. The van der Waals surface area contributed by atoms with Crippen molar-refractivity contribution in [3.8, 4) is 5.75 Å². The number of anilines is 2. The quantitative estimate of drug-likeness (QED) is 0.411. The summed E-state index contributed by atoms with van der Waals surface area (Å²) in [5.74, 6) is 0.770. The van der Waals surface area contributed by atoms with Crippen molar-refractivity contribution in [2.45, 2.75) is 12.3 Å². The highest BCUT2D eigenvalue weighted by molar-refractivity contribution is 9.10. The molecule has 1 atom stereocenters. The molecule has 0 bridgehead atoms. The van der Waals surface area contributed by atoms with E-state index in [1.54, 1.807) is 28.8 Å². The van der Waals surface area contributed by atoms with Crippen molar-refractivity contribution in [2.24, 2.45) is 0 Å². The van der Waals surface area contributed by atoms with Crippen LogP contribution in [0.2, 0.25) is 5.02 Å². The summed E-state index contributed by atoms with van der Waals surface area (Å²) in [4.78, 5) is 26.5. The molecule has 1 aliphatic heterocycles. The number of aryl methyl sites for hydroxylation is 1. The Hall–Kier alpha value is -2.48. The molecule has 0 spiro atoms. The van der Waals surface area contributed by atoms with Gasteiger partial charge in [0.15, 0.2) is 6.61 Å². The first-order valence-corrected chi connectivity index (χ1v) is 12.1. The van der Waals surface area contributed by atoms with Gasteiger partial charge in [0, 0.05) is 16.4 Å². The van der Waals surface area contributed by atoms with E-state index >= 15 is 0 Å². The molecule has 1 aliphatic rings.